The summed E-state index contributed by atoms with van der Waals surface area (Å²) in [5.74, 6) is -0.804. The Labute approximate surface area is 110 Å². The number of carbonyl (C=O) groups is 1. The molecule has 18 heavy (non-hydrogen) atoms. The number of hydrogen-bond acceptors (Lipinski definition) is 4. The average Bonchev–Trinajstić information content (AvgIpc) is 2.98. The van der Waals surface area contributed by atoms with Crippen molar-refractivity contribution in [1.29, 1.82) is 0 Å². The van der Waals surface area contributed by atoms with Crippen molar-refractivity contribution in [1.82, 2.24) is 4.31 Å². The van der Waals surface area contributed by atoms with E-state index in [2.05, 4.69) is 0 Å². The smallest absolute Gasteiger partial charge is 0.347 e. The van der Waals surface area contributed by atoms with E-state index in [0.717, 1.165) is 24.2 Å². The molecular weight excluding hydrogens is 274 g/mol. The maximum Gasteiger partial charge on any atom is 0.347 e. The van der Waals surface area contributed by atoms with Crippen molar-refractivity contribution in [2.45, 2.75) is 24.7 Å². The minimum atomic E-state index is -3.65. The zero-order chi connectivity index (χ0) is 13.3. The van der Waals surface area contributed by atoms with E-state index < -0.39 is 16.0 Å². The molecule has 0 bridgehead atoms. The van der Waals surface area contributed by atoms with Crippen LogP contribution in [-0.4, -0.2) is 36.9 Å². The van der Waals surface area contributed by atoms with Gasteiger partial charge in [-0.3, -0.25) is 0 Å². The topological polar surface area (TPSA) is 74.7 Å². The zero-order valence-electron chi connectivity index (χ0n) is 10.00. The number of rotatable bonds is 4. The lowest BCUT2D eigenvalue weighted by molar-refractivity contribution is 0.0698. The van der Waals surface area contributed by atoms with Crippen molar-refractivity contribution < 1.29 is 18.3 Å². The standard InChI is InChI=1S/C11H15NO4S2/c1-2-8-3-5-12(7-8)18(15,16)9-4-6-17-10(9)11(13)14/h4,6,8H,2-3,5,7H2,1H3,(H,13,14). The van der Waals surface area contributed by atoms with E-state index in [1.54, 1.807) is 0 Å². The van der Waals surface area contributed by atoms with Crippen LogP contribution in [-0.2, 0) is 10.0 Å². The summed E-state index contributed by atoms with van der Waals surface area (Å²) in [6.07, 6.45) is 1.80. The molecule has 1 unspecified atom stereocenters. The summed E-state index contributed by atoms with van der Waals surface area (Å²) < 4.78 is 26.1. The van der Waals surface area contributed by atoms with Crippen LogP contribution in [0, 0.1) is 5.92 Å². The molecule has 100 valence electrons. The minimum Gasteiger partial charge on any atom is -0.477 e. The second-order valence-corrected chi connectivity index (χ2v) is 7.17. The first-order valence-electron chi connectivity index (χ1n) is 5.77. The molecule has 0 spiro atoms. The van der Waals surface area contributed by atoms with Gasteiger partial charge in [0.15, 0.2) is 0 Å². The Balaban J connectivity index is 2.32. The van der Waals surface area contributed by atoms with Gasteiger partial charge in [-0.25, -0.2) is 13.2 Å². The van der Waals surface area contributed by atoms with Gasteiger partial charge in [0.2, 0.25) is 10.0 Å². The van der Waals surface area contributed by atoms with Gasteiger partial charge in [-0.15, -0.1) is 11.3 Å². The van der Waals surface area contributed by atoms with Gasteiger partial charge in [-0.1, -0.05) is 13.3 Å². The minimum absolute atomic E-state index is 0.0725. The number of thiophene rings is 1. The number of nitrogens with zero attached hydrogens (tertiary/aromatic N) is 1. The fraction of sp³-hybridized carbons (Fsp3) is 0.545. The van der Waals surface area contributed by atoms with Crippen LogP contribution in [0.1, 0.15) is 29.4 Å². The molecule has 0 radical (unpaired) electrons. The summed E-state index contributed by atoms with van der Waals surface area (Å²) in [5.41, 5.74) is 0. The van der Waals surface area contributed by atoms with E-state index >= 15 is 0 Å². The maximum atomic E-state index is 12.4. The molecule has 2 rings (SSSR count). The molecule has 1 fully saturated rings. The van der Waals surface area contributed by atoms with Crippen LogP contribution < -0.4 is 0 Å². The molecule has 1 saturated heterocycles. The molecule has 1 aromatic rings. The number of aromatic carboxylic acids is 1. The Bertz CT molecular complexity index is 549. The largest absolute Gasteiger partial charge is 0.477 e. The van der Waals surface area contributed by atoms with Crippen molar-refractivity contribution in [2.75, 3.05) is 13.1 Å². The Morgan fingerprint density at radius 2 is 2.33 bits per heavy atom. The third-order valence-corrected chi connectivity index (χ3v) is 6.21. The highest BCUT2D eigenvalue weighted by Gasteiger charge is 2.34. The Kier molecular flexibility index (Phi) is 3.74. The number of sulfonamides is 1. The van der Waals surface area contributed by atoms with Gasteiger partial charge in [0.25, 0.3) is 0 Å². The quantitative estimate of drug-likeness (QED) is 0.918. The van der Waals surface area contributed by atoms with Crippen molar-refractivity contribution in [3.05, 3.63) is 16.3 Å². The summed E-state index contributed by atoms with van der Waals surface area (Å²) in [6.45, 7) is 3.01. The third kappa shape index (κ3) is 2.30. The number of carboxylic acid groups (broad SMARTS) is 1. The molecule has 0 aromatic carbocycles. The molecule has 1 aromatic heterocycles. The van der Waals surface area contributed by atoms with Crippen LogP contribution in [0.5, 0.6) is 0 Å². The molecule has 7 heteroatoms. The van der Waals surface area contributed by atoms with E-state index in [9.17, 15) is 13.2 Å². The summed E-state index contributed by atoms with van der Waals surface area (Å²) in [5, 5.41) is 10.5. The Hall–Kier alpha value is -0.920. The van der Waals surface area contributed by atoms with Crippen LogP contribution in [0.3, 0.4) is 0 Å². The Morgan fingerprint density at radius 1 is 1.61 bits per heavy atom. The van der Waals surface area contributed by atoms with E-state index in [-0.39, 0.29) is 9.77 Å². The summed E-state index contributed by atoms with van der Waals surface area (Å²) in [4.78, 5) is 10.8. The van der Waals surface area contributed by atoms with Crippen LogP contribution in [0.15, 0.2) is 16.3 Å². The van der Waals surface area contributed by atoms with Crippen molar-refractivity contribution in [3.8, 4) is 0 Å². The molecule has 1 N–H and O–H groups in total. The van der Waals surface area contributed by atoms with Crippen molar-refractivity contribution in [2.24, 2.45) is 5.92 Å². The third-order valence-electron chi connectivity index (χ3n) is 3.27. The average molecular weight is 289 g/mol. The molecule has 0 amide bonds. The van der Waals surface area contributed by atoms with E-state index in [0.29, 0.717) is 19.0 Å². The predicted molar refractivity (Wildman–Crippen MR) is 68.4 cm³/mol. The number of carboxylic acids is 1. The van der Waals surface area contributed by atoms with Crippen LogP contribution in [0.4, 0.5) is 0 Å². The highest BCUT2D eigenvalue weighted by atomic mass is 32.2. The normalized spacial score (nSPS) is 21.3. The van der Waals surface area contributed by atoms with Crippen LogP contribution in [0.25, 0.3) is 0 Å². The second kappa shape index (κ2) is 4.99. The lowest BCUT2D eigenvalue weighted by Crippen LogP contribution is -2.29. The molecule has 1 aliphatic rings. The first-order chi connectivity index (χ1) is 8.46. The van der Waals surface area contributed by atoms with E-state index in [4.69, 9.17) is 5.11 Å². The lowest BCUT2D eigenvalue weighted by Gasteiger charge is -2.15. The van der Waals surface area contributed by atoms with Crippen LogP contribution >= 0.6 is 11.3 Å². The maximum absolute atomic E-state index is 12.4. The molecule has 5 nitrogen and oxygen atoms in total. The van der Waals surface area contributed by atoms with Crippen molar-refractivity contribution >= 4 is 27.3 Å². The highest BCUT2D eigenvalue weighted by molar-refractivity contribution is 7.89. The van der Waals surface area contributed by atoms with Gasteiger partial charge in [-0.2, -0.15) is 4.31 Å². The molecule has 1 atom stereocenters. The fourth-order valence-corrected chi connectivity index (χ4v) is 4.91. The summed E-state index contributed by atoms with van der Waals surface area (Å²) in [6, 6.07) is 1.38. The van der Waals surface area contributed by atoms with Crippen LogP contribution in [0.2, 0.25) is 0 Å². The van der Waals surface area contributed by atoms with Gasteiger partial charge in [-0.05, 0) is 23.8 Å². The highest BCUT2D eigenvalue weighted by Crippen LogP contribution is 2.29. The van der Waals surface area contributed by atoms with E-state index in [1.807, 2.05) is 6.92 Å². The number of hydrogen-bond donors (Lipinski definition) is 1. The van der Waals surface area contributed by atoms with Gasteiger partial charge < -0.3 is 5.11 Å². The SMILES string of the molecule is CCC1CCN(S(=O)(=O)c2ccsc2C(=O)O)C1. The molecular formula is C11H15NO4S2. The second-order valence-electron chi connectivity index (χ2n) is 4.35. The molecule has 0 aliphatic carbocycles. The van der Waals surface area contributed by atoms with Crippen molar-refractivity contribution in [3.63, 3.8) is 0 Å². The van der Waals surface area contributed by atoms with Gasteiger partial charge in [0.1, 0.15) is 9.77 Å². The first-order valence-corrected chi connectivity index (χ1v) is 8.09. The first kappa shape index (κ1) is 13.5. The van der Waals surface area contributed by atoms with Gasteiger partial charge in [0, 0.05) is 13.1 Å². The monoisotopic (exact) mass is 289 g/mol. The fourth-order valence-electron chi connectivity index (χ4n) is 2.14. The lowest BCUT2D eigenvalue weighted by atomic mass is 10.1. The zero-order valence-corrected chi connectivity index (χ0v) is 11.6. The van der Waals surface area contributed by atoms with Gasteiger partial charge >= 0.3 is 5.97 Å². The molecule has 1 aliphatic heterocycles. The summed E-state index contributed by atoms with van der Waals surface area (Å²) in [7, 11) is -3.65. The van der Waals surface area contributed by atoms with E-state index in [1.165, 1.54) is 15.8 Å². The summed E-state index contributed by atoms with van der Waals surface area (Å²) >= 11 is 0.944. The molecule has 0 saturated carbocycles. The molecule has 2 heterocycles. The Morgan fingerprint density at radius 3 is 2.89 bits per heavy atom. The van der Waals surface area contributed by atoms with Gasteiger partial charge in [0.05, 0.1) is 0 Å². The predicted octanol–water partition coefficient (Wildman–Crippen LogP) is 1.87.